The summed E-state index contributed by atoms with van der Waals surface area (Å²) in [5.74, 6) is 3.76. The van der Waals surface area contributed by atoms with Crippen LogP contribution in [0.15, 0.2) is 130 Å². The van der Waals surface area contributed by atoms with E-state index in [9.17, 15) is 0 Å². The molecule has 0 aliphatic carbocycles. The molecule has 0 amide bonds. The van der Waals surface area contributed by atoms with Gasteiger partial charge in [0.25, 0.3) is 0 Å². The second-order valence-corrected chi connectivity index (χ2v) is 26.9. The van der Waals surface area contributed by atoms with Crippen LogP contribution in [0.4, 0.5) is 0 Å². The first-order valence-corrected chi connectivity index (χ1v) is 25.8. The van der Waals surface area contributed by atoms with E-state index >= 15 is 0 Å². The summed E-state index contributed by atoms with van der Waals surface area (Å²) in [4.78, 5) is 0. The summed E-state index contributed by atoms with van der Waals surface area (Å²) in [7, 11) is 0. The molecule has 8 rings (SSSR count). The second-order valence-electron chi connectivity index (χ2n) is 17.5. The second kappa shape index (κ2) is 16.7. The molecule has 6 aromatic carbocycles. The molecule has 0 unspecified atom stereocenters. The predicted molar refractivity (Wildman–Crippen MR) is 239 cm³/mol. The number of hydrogen-bond acceptors (Lipinski definition) is 2. The van der Waals surface area contributed by atoms with Crippen molar-refractivity contribution in [1.82, 2.24) is 0 Å². The van der Waals surface area contributed by atoms with Gasteiger partial charge in [-0.3, -0.25) is 0 Å². The Labute approximate surface area is 350 Å². The standard InChI is InChI=1S/2C25H25O.C2H6Si.Zr/c2*1-16-9-11-18-13-20(23-12-10-17(2)26-23)15-22(18)24(16)19-7-6-8-21(14-19)25(3,4)5;1-3-2;/h2*6-15H,1-5H3;1-2H3;/q2*-1;;+2. The van der Waals surface area contributed by atoms with Crippen LogP contribution in [-0.2, 0) is 34.2 Å². The summed E-state index contributed by atoms with van der Waals surface area (Å²) >= 11 is 1.74. The average molecular weight is 832 g/mol. The summed E-state index contributed by atoms with van der Waals surface area (Å²) in [6.07, 6.45) is 0. The minimum Gasteiger partial charge on any atom is -0.496 e. The van der Waals surface area contributed by atoms with E-state index < -0.39 is 0 Å². The van der Waals surface area contributed by atoms with E-state index in [-0.39, 0.29) is 16.3 Å². The molecule has 0 saturated carbocycles. The Bertz CT molecular complexity index is 2460. The molecule has 0 N–H and O–H groups in total. The number of hydrogen-bond donors (Lipinski definition) is 0. The third-order valence-electron chi connectivity index (χ3n) is 10.3. The molecule has 8 aromatic rings. The summed E-state index contributed by atoms with van der Waals surface area (Å²) in [5.41, 5.74) is 13.3. The quantitative estimate of drug-likeness (QED) is 0.130. The maximum atomic E-state index is 5.84. The number of benzene rings is 4. The first kappa shape index (κ1) is 41.4. The molecule has 56 heavy (non-hydrogen) atoms. The molecule has 0 radical (unpaired) electrons. The maximum Gasteiger partial charge on any atom is 0.0896 e. The number of aryl methyl sites for hydroxylation is 4. The van der Waals surface area contributed by atoms with Gasteiger partial charge in [-0.2, -0.15) is 0 Å². The topological polar surface area (TPSA) is 26.3 Å². The summed E-state index contributed by atoms with van der Waals surface area (Å²) in [5, 5.41) is 5.10. The molecule has 0 spiro atoms. The van der Waals surface area contributed by atoms with Crippen molar-refractivity contribution in [2.75, 3.05) is 0 Å². The van der Waals surface area contributed by atoms with Crippen LogP contribution in [0.5, 0.6) is 0 Å². The van der Waals surface area contributed by atoms with Gasteiger partial charge in [-0.15, -0.1) is 57.9 Å². The first-order valence-electron chi connectivity index (χ1n) is 19.7. The SMILES string of the molecule is C[Si](C)=[Zr+2].Cc1ccc(-c2cc3c(-c4cccc(C(C)(C)C)c4)c(C)ccc3[cH-]2)o1.Cc1ccc(-c2cc3c(-c4cccc(C(C)(C)C)c4)c(C)ccc3[cH-]2)o1. The van der Waals surface area contributed by atoms with Gasteiger partial charge in [0, 0.05) is 0 Å². The number of fused-ring (bicyclic) bond motifs is 2. The Kier molecular flexibility index (Phi) is 12.3. The summed E-state index contributed by atoms with van der Waals surface area (Å²) < 4.78 is 11.7. The van der Waals surface area contributed by atoms with Gasteiger partial charge >= 0.3 is 41.9 Å². The van der Waals surface area contributed by atoms with E-state index in [0.717, 1.165) is 34.2 Å². The molecule has 0 bridgehead atoms. The van der Waals surface area contributed by atoms with Gasteiger partial charge < -0.3 is 8.83 Å². The maximum absolute atomic E-state index is 5.84. The van der Waals surface area contributed by atoms with Crippen LogP contribution >= 0.6 is 0 Å². The molecule has 0 fully saturated rings. The minimum atomic E-state index is 0.140. The van der Waals surface area contributed by atoms with Gasteiger partial charge in [0.15, 0.2) is 0 Å². The van der Waals surface area contributed by atoms with Crippen LogP contribution in [0.3, 0.4) is 0 Å². The van der Waals surface area contributed by atoms with Crippen molar-refractivity contribution in [2.45, 2.75) is 93.2 Å². The Hall–Kier alpha value is -4.24. The fourth-order valence-corrected chi connectivity index (χ4v) is 7.29. The van der Waals surface area contributed by atoms with Crippen LogP contribution in [0.1, 0.15) is 75.3 Å². The Morgan fingerprint density at radius 1 is 0.500 bits per heavy atom. The van der Waals surface area contributed by atoms with Crippen molar-refractivity contribution < 1.29 is 32.2 Å². The smallest absolute Gasteiger partial charge is 0.0896 e. The molecule has 2 aromatic heterocycles. The van der Waals surface area contributed by atoms with E-state index in [1.54, 1.807) is 23.3 Å². The zero-order chi connectivity index (χ0) is 40.5. The minimum absolute atomic E-state index is 0.140. The fraction of sp³-hybridized carbons (Fsp3) is 0.269. The van der Waals surface area contributed by atoms with Crippen molar-refractivity contribution in [3.63, 3.8) is 0 Å². The fourth-order valence-electron chi connectivity index (χ4n) is 7.29. The van der Waals surface area contributed by atoms with Gasteiger partial charge in [0.1, 0.15) is 0 Å². The molecular weight excluding hydrogens is 776 g/mol. The Morgan fingerprint density at radius 2 is 0.875 bits per heavy atom. The predicted octanol–water partition coefficient (Wildman–Crippen LogP) is 15.6. The summed E-state index contributed by atoms with van der Waals surface area (Å²) in [6, 6.07) is 43.9. The molecule has 0 aliphatic heterocycles. The van der Waals surface area contributed by atoms with E-state index in [2.05, 4.69) is 178 Å². The van der Waals surface area contributed by atoms with Gasteiger partial charge in [-0.1, -0.05) is 124 Å². The van der Waals surface area contributed by atoms with Crippen LogP contribution in [0, 0.1) is 27.7 Å². The van der Waals surface area contributed by atoms with Gasteiger partial charge in [-0.05, 0) is 96.2 Å². The van der Waals surface area contributed by atoms with E-state index in [1.165, 1.54) is 66.1 Å². The van der Waals surface area contributed by atoms with Gasteiger partial charge in [0.2, 0.25) is 0 Å². The van der Waals surface area contributed by atoms with Crippen molar-refractivity contribution in [1.29, 1.82) is 0 Å². The molecule has 2 nitrogen and oxygen atoms in total. The zero-order valence-corrected chi connectivity index (χ0v) is 38.8. The molecule has 0 saturated heterocycles. The Morgan fingerprint density at radius 3 is 1.20 bits per heavy atom. The van der Waals surface area contributed by atoms with Crippen molar-refractivity contribution in [3.8, 4) is 44.9 Å². The molecule has 0 aliphatic rings. The van der Waals surface area contributed by atoms with Crippen LogP contribution in [-0.4, -0.2) is 5.43 Å². The van der Waals surface area contributed by atoms with Crippen LogP contribution < -0.4 is 0 Å². The molecule has 4 heteroatoms. The largest absolute Gasteiger partial charge is 0.496 e. The van der Waals surface area contributed by atoms with Gasteiger partial charge in [0.05, 0.1) is 23.0 Å². The van der Waals surface area contributed by atoms with Crippen LogP contribution in [0.25, 0.3) is 66.4 Å². The molecular formula is C52H56O2SiZr. The molecule has 0 atom stereocenters. The summed E-state index contributed by atoms with van der Waals surface area (Å²) in [6.45, 7) is 26.6. The van der Waals surface area contributed by atoms with Crippen molar-refractivity contribution in [3.05, 3.63) is 155 Å². The monoisotopic (exact) mass is 830 g/mol. The third-order valence-corrected chi connectivity index (χ3v) is 10.3. The third kappa shape index (κ3) is 9.47. The van der Waals surface area contributed by atoms with E-state index in [0.29, 0.717) is 0 Å². The number of rotatable bonds is 4. The normalized spacial score (nSPS) is 11.7. The van der Waals surface area contributed by atoms with E-state index in [1.807, 2.05) is 26.0 Å². The van der Waals surface area contributed by atoms with Crippen molar-refractivity contribution >= 4 is 27.0 Å². The molecule has 284 valence electrons. The zero-order valence-electron chi connectivity index (χ0n) is 35.4. The first-order chi connectivity index (χ1) is 26.4. The molecule has 2 heterocycles. The average Bonchev–Trinajstić information content (AvgIpc) is 3.94. The Balaban J connectivity index is 0.000000174. The van der Waals surface area contributed by atoms with Crippen LogP contribution in [0.2, 0.25) is 13.1 Å². The van der Waals surface area contributed by atoms with Crippen molar-refractivity contribution in [2.24, 2.45) is 0 Å². The van der Waals surface area contributed by atoms with E-state index in [4.69, 9.17) is 8.83 Å². The number of furan rings is 2. The van der Waals surface area contributed by atoms with Gasteiger partial charge in [-0.25, -0.2) is 0 Å².